The highest BCUT2D eigenvalue weighted by Crippen LogP contribution is 2.34. The maximum absolute atomic E-state index is 13.1. The molecule has 0 radical (unpaired) electrons. The largest absolute Gasteiger partial charge is 0.418 e. The average molecular weight is 379 g/mol. The van der Waals surface area contributed by atoms with Crippen molar-refractivity contribution in [1.29, 1.82) is 0 Å². The number of alkyl halides is 3. The molecular formula is C18H20F3N5O. The van der Waals surface area contributed by atoms with Crippen LogP contribution < -0.4 is 10.2 Å². The molecule has 2 aromatic rings. The number of piperazine rings is 1. The van der Waals surface area contributed by atoms with Gasteiger partial charge in [-0.1, -0.05) is 12.1 Å². The van der Waals surface area contributed by atoms with Gasteiger partial charge in [0.15, 0.2) is 0 Å². The SMILES string of the molecule is CC(C(=O)Nc1ccccc1C(F)(F)F)N1CCN(c2ncccn2)CC1. The molecule has 6 nitrogen and oxygen atoms in total. The van der Waals surface area contributed by atoms with Gasteiger partial charge in [0, 0.05) is 38.6 Å². The molecule has 1 aromatic carbocycles. The quantitative estimate of drug-likeness (QED) is 0.885. The number of para-hydroxylation sites is 1. The van der Waals surface area contributed by atoms with Crippen LogP contribution in [0.25, 0.3) is 0 Å². The molecule has 1 aromatic heterocycles. The Kier molecular flexibility index (Phi) is 5.59. The van der Waals surface area contributed by atoms with Gasteiger partial charge >= 0.3 is 6.18 Å². The average Bonchev–Trinajstić information content (AvgIpc) is 2.68. The third-order valence-electron chi connectivity index (χ3n) is 4.57. The zero-order valence-electron chi connectivity index (χ0n) is 14.8. The van der Waals surface area contributed by atoms with Crippen LogP contribution in [-0.2, 0) is 11.0 Å². The van der Waals surface area contributed by atoms with E-state index in [9.17, 15) is 18.0 Å². The van der Waals surface area contributed by atoms with Crippen molar-refractivity contribution in [3.8, 4) is 0 Å². The molecule has 1 N–H and O–H groups in total. The van der Waals surface area contributed by atoms with Crippen LogP contribution in [0.2, 0.25) is 0 Å². The number of carbonyl (C=O) groups is 1. The fraction of sp³-hybridized carbons (Fsp3) is 0.389. The molecule has 27 heavy (non-hydrogen) atoms. The van der Waals surface area contributed by atoms with Crippen molar-refractivity contribution in [2.75, 3.05) is 36.4 Å². The maximum atomic E-state index is 13.1. The van der Waals surface area contributed by atoms with E-state index in [-0.39, 0.29) is 5.69 Å². The molecule has 1 unspecified atom stereocenters. The topological polar surface area (TPSA) is 61.4 Å². The van der Waals surface area contributed by atoms with Crippen molar-refractivity contribution in [2.45, 2.75) is 19.1 Å². The fourth-order valence-electron chi connectivity index (χ4n) is 3.01. The minimum absolute atomic E-state index is 0.224. The molecule has 9 heteroatoms. The van der Waals surface area contributed by atoms with Crippen molar-refractivity contribution < 1.29 is 18.0 Å². The van der Waals surface area contributed by atoms with E-state index in [0.717, 1.165) is 6.07 Å². The summed E-state index contributed by atoms with van der Waals surface area (Å²) in [6.45, 7) is 4.16. The van der Waals surface area contributed by atoms with E-state index in [1.807, 2.05) is 9.80 Å². The number of benzene rings is 1. The summed E-state index contributed by atoms with van der Waals surface area (Å²) in [7, 11) is 0. The van der Waals surface area contributed by atoms with Crippen molar-refractivity contribution in [1.82, 2.24) is 14.9 Å². The molecule has 0 aliphatic carbocycles. The molecule has 144 valence electrons. The van der Waals surface area contributed by atoms with Gasteiger partial charge in [-0.25, -0.2) is 9.97 Å². The smallest absolute Gasteiger partial charge is 0.338 e. The minimum atomic E-state index is -4.52. The van der Waals surface area contributed by atoms with Gasteiger partial charge in [0.25, 0.3) is 0 Å². The second-order valence-corrected chi connectivity index (χ2v) is 6.28. The summed E-state index contributed by atoms with van der Waals surface area (Å²) in [6, 6.07) is 6.17. The van der Waals surface area contributed by atoms with E-state index in [1.54, 1.807) is 25.4 Å². The van der Waals surface area contributed by atoms with Crippen molar-refractivity contribution in [2.24, 2.45) is 0 Å². The van der Waals surface area contributed by atoms with Crippen molar-refractivity contribution >= 4 is 17.5 Å². The lowest BCUT2D eigenvalue weighted by atomic mass is 10.1. The zero-order valence-corrected chi connectivity index (χ0v) is 14.8. The van der Waals surface area contributed by atoms with Crippen LogP contribution in [0.1, 0.15) is 12.5 Å². The summed E-state index contributed by atoms with van der Waals surface area (Å²) in [5.41, 5.74) is -1.07. The number of rotatable bonds is 4. The van der Waals surface area contributed by atoms with Crippen LogP contribution in [0, 0.1) is 0 Å². The Balaban J connectivity index is 1.61. The lowest BCUT2D eigenvalue weighted by molar-refractivity contribution is -0.137. The van der Waals surface area contributed by atoms with Crippen molar-refractivity contribution in [3.63, 3.8) is 0 Å². The van der Waals surface area contributed by atoms with Crippen LogP contribution in [-0.4, -0.2) is 53.0 Å². The second kappa shape index (κ2) is 7.91. The van der Waals surface area contributed by atoms with Crippen molar-refractivity contribution in [3.05, 3.63) is 48.3 Å². The lowest BCUT2D eigenvalue weighted by Gasteiger charge is -2.37. The third-order valence-corrected chi connectivity index (χ3v) is 4.57. The number of aromatic nitrogens is 2. The van der Waals surface area contributed by atoms with Crippen LogP contribution >= 0.6 is 0 Å². The van der Waals surface area contributed by atoms with Crippen LogP contribution in [0.3, 0.4) is 0 Å². The van der Waals surface area contributed by atoms with E-state index >= 15 is 0 Å². The fourth-order valence-corrected chi connectivity index (χ4v) is 3.01. The first-order valence-corrected chi connectivity index (χ1v) is 8.59. The van der Waals surface area contributed by atoms with E-state index < -0.39 is 23.7 Å². The third kappa shape index (κ3) is 4.54. The van der Waals surface area contributed by atoms with E-state index in [2.05, 4.69) is 15.3 Å². The number of hydrogen-bond acceptors (Lipinski definition) is 5. The summed E-state index contributed by atoms with van der Waals surface area (Å²) >= 11 is 0. The van der Waals surface area contributed by atoms with Gasteiger partial charge in [-0.3, -0.25) is 9.69 Å². The summed E-state index contributed by atoms with van der Waals surface area (Å²) in [4.78, 5) is 24.8. The first-order chi connectivity index (χ1) is 12.9. The van der Waals surface area contributed by atoms with E-state index in [0.29, 0.717) is 32.1 Å². The summed E-state index contributed by atoms with van der Waals surface area (Å²) in [5.74, 6) is 0.171. The highest BCUT2D eigenvalue weighted by molar-refractivity contribution is 5.95. The summed E-state index contributed by atoms with van der Waals surface area (Å²) in [5, 5.41) is 2.42. The Hall–Kier alpha value is -2.68. The number of nitrogens with one attached hydrogen (secondary N) is 1. The number of amides is 1. The highest BCUT2D eigenvalue weighted by atomic mass is 19.4. The first kappa shape index (κ1) is 19.1. The number of nitrogens with zero attached hydrogens (tertiary/aromatic N) is 4. The Morgan fingerprint density at radius 2 is 1.70 bits per heavy atom. The predicted octanol–water partition coefficient (Wildman–Crippen LogP) is 2.64. The van der Waals surface area contributed by atoms with Gasteiger partial charge in [-0.05, 0) is 25.1 Å². The van der Waals surface area contributed by atoms with Gasteiger partial charge < -0.3 is 10.2 Å². The lowest BCUT2D eigenvalue weighted by Crippen LogP contribution is -2.53. The van der Waals surface area contributed by atoms with Crippen LogP contribution in [0.5, 0.6) is 0 Å². The molecule has 1 atom stereocenters. The molecular weight excluding hydrogens is 359 g/mol. The Bertz CT molecular complexity index is 776. The number of carbonyl (C=O) groups excluding carboxylic acids is 1. The highest BCUT2D eigenvalue weighted by Gasteiger charge is 2.34. The van der Waals surface area contributed by atoms with Gasteiger partial charge in [0.2, 0.25) is 11.9 Å². The monoisotopic (exact) mass is 379 g/mol. The normalized spacial score (nSPS) is 16.8. The standard InChI is InChI=1S/C18H20F3N5O/c1-13(16(27)24-15-6-3-2-5-14(15)18(19,20)21)25-9-11-26(12-10-25)17-22-7-4-8-23-17/h2-8,13H,9-12H2,1H3,(H,24,27). The Morgan fingerprint density at radius 1 is 1.07 bits per heavy atom. The van der Waals surface area contributed by atoms with Gasteiger partial charge in [0.1, 0.15) is 0 Å². The molecule has 3 rings (SSSR count). The Morgan fingerprint density at radius 3 is 2.33 bits per heavy atom. The van der Waals surface area contributed by atoms with Crippen LogP contribution in [0.15, 0.2) is 42.7 Å². The maximum Gasteiger partial charge on any atom is 0.418 e. The molecule has 1 saturated heterocycles. The molecule has 1 amide bonds. The number of halogens is 3. The van der Waals surface area contributed by atoms with Gasteiger partial charge in [-0.2, -0.15) is 13.2 Å². The second-order valence-electron chi connectivity index (χ2n) is 6.28. The molecule has 0 spiro atoms. The van der Waals surface area contributed by atoms with E-state index in [4.69, 9.17) is 0 Å². The molecule has 1 aliphatic rings. The number of anilines is 2. The summed E-state index contributed by atoms with van der Waals surface area (Å²) < 4.78 is 39.2. The molecule has 0 saturated carbocycles. The first-order valence-electron chi connectivity index (χ1n) is 8.59. The van der Waals surface area contributed by atoms with Gasteiger partial charge in [-0.15, -0.1) is 0 Å². The predicted molar refractivity (Wildman–Crippen MR) is 95.4 cm³/mol. The van der Waals surface area contributed by atoms with Crippen LogP contribution in [0.4, 0.5) is 24.8 Å². The minimum Gasteiger partial charge on any atom is -0.338 e. The molecule has 2 heterocycles. The number of hydrogen-bond donors (Lipinski definition) is 1. The summed E-state index contributed by atoms with van der Waals surface area (Å²) in [6.07, 6.45) is -1.18. The molecule has 1 aliphatic heterocycles. The zero-order chi connectivity index (χ0) is 19.4. The molecule has 1 fully saturated rings. The molecule has 0 bridgehead atoms. The Labute approximate surface area is 155 Å². The van der Waals surface area contributed by atoms with Gasteiger partial charge in [0.05, 0.1) is 17.3 Å². The van der Waals surface area contributed by atoms with E-state index in [1.165, 1.54) is 18.2 Å².